The van der Waals surface area contributed by atoms with Gasteiger partial charge >= 0.3 is 11.9 Å². The van der Waals surface area contributed by atoms with Crippen LogP contribution in [-0.4, -0.2) is 93.9 Å². The minimum Gasteiger partial charge on any atom is -0.481 e. The van der Waals surface area contributed by atoms with Gasteiger partial charge in [0.1, 0.15) is 16.7 Å². The number of amides is 3. The summed E-state index contributed by atoms with van der Waals surface area (Å²) in [5.74, 6) is -2.41. The molecule has 3 rings (SSSR count). The second kappa shape index (κ2) is 22.9. The number of nitrogen functional groups attached to an aromatic ring is 1. The molecule has 3 amide bonds. The van der Waals surface area contributed by atoms with Crippen LogP contribution in [0.2, 0.25) is 0 Å². The molecule has 13 nitrogen and oxygen atoms in total. The molecule has 0 bridgehead atoms. The van der Waals surface area contributed by atoms with Gasteiger partial charge in [-0.1, -0.05) is 78.9 Å². The van der Waals surface area contributed by atoms with Crippen molar-refractivity contribution in [1.29, 1.82) is 0 Å². The Morgan fingerprint density at radius 3 is 2.33 bits per heavy atom. The summed E-state index contributed by atoms with van der Waals surface area (Å²) >= 11 is 1.19. The number of likely N-dealkylation sites (N-methyl/N-ethyl adjacent to an activating group) is 1. The molecular weight excluding hydrogens is 757 g/mol. The van der Waals surface area contributed by atoms with Crippen LogP contribution in [0.3, 0.4) is 0 Å². The van der Waals surface area contributed by atoms with Crippen LogP contribution in [0.15, 0.2) is 29.6 Å². The molecule has 0 radical (unpaired) electrons. The first kappa shape index (κ1) is 48.3. The van der Waals surface area contributed by atoms with Crippen molar-refractivity contribution >= 4 is 46.7 Å². The van der Waals surface area contributed by atoms with Crippen molar-refractivity contribution in [2.75, 3.05) is 25.9 Å². The average molecular weight is 827 g/mol. The van der Waals surface area contributed by atoms with E-state index >= 15 is 0 Å². The van der Waals surface area contributed by atoms with Gasteiger partial charge in [0.15, 0.2) is 6.10 Å². The molecule has 1 fully saturated rings. The number of aliphatic carboxylic acids is 1. The first-order valence-electron chi connectivity index (χ1n) is 21.2. The molecule has 1 aromatic carbocycles. The number of nitrogens with one attached hydrogen (secondary N) is 2. The monoisotopic (exact) mass is 827 g/mol. The molecule has 0 spiro atoms. The van der Waals surface area contributed by atoms with Gasteiger partial charge in [-0.3, -0.25) is 28.9 Å². The topological polar surface area (TPSA) is 184 Å². The van der Waals surface area contributed by atoms with Crippen LogP contribution >= 0.6 is 11.3 Å². The number of hydrogen-bond acceptors (Lipinski definition) is 10. The number of nitrogens with zero attached hydrogens (tertiary/aromatic N) is 3. The number of anilines is 1. The third-order valence-corrected chi connectivity index (χ3v) is 12.4. The second-order valence-electron chi connectivity index (χ2n) is 17.2. The molecule has 2 heterocycles. The summed E-state index contributed by atoms with van der Waals surface area (Å²) in [5, 5.41) is 18.1. The Morgan fingerprint density at radius 2 is 1.74 bits per heavy atom. The zero-order chi connectivity index (χ0) is 43.2. The lowest BCUT2D eigenvalue weighted by Crippen LogP contribution is -2.59. The Hall–Kier alpha value is -4.04. The number of esters is 1. The molecule has 0 aliphatic carbocycles. The molecular formula is C44H70N6O7S. The Balaban J connectivity index is 1.94. The fourth-order valence-corrected chi connectivity index (χ4v) is 8.50. The standard InChI is InChI=1S/C44H70N6O7S/c1-10-12-13-15-23-50(42(54)38(29(5)11-2)48-40(53)35-17-14-16-22-49(35)9)36(28(3)4)25-37(57-30(6)51)41-47-34(27-58-41)39(52)46-33(26-44(7,8)43(55)56)24-31-18-20-32(45)21-19-31/h18-21,27-29,33,35-38H,10-17,22-26,45H2,1-9H3,(H,46,52)(H,48,53)(H,55,56)/t29-,33?,35?,36+,37+,38-/m0/s1. The van der Waals surface area contributed by atoms with Gasteiger partial charge in [-0.25, -0.2) is 4.98 Å². The largest absolute Gasteiger partial charge is 0.481 e. The lowest BCUT2D eigenvalue weighted by atomic mass is 9.84. The number of carbonyl (C=O) groups is 5. The lowest BCUT2D eigenvalue weighted by Gasteiger charge is -2.40. The average Bonchev–Trinajstić information content (AvgIpc) is 3.67. The summed E-state index contributed by atoms with van der Waals surface area (Å²) in [4.78, 5) is 75.7. The highest BCUT2D eigenvalue weighted by Crippen LogP contribution is 2.32. The third kappa shape index (κ3) is 14.4. The maximum atomic E-state index is 14.9. The van der Waals surface area contributed by atoms with Crippen LogP contribution < -0.4 is 16.4 Å². The fourth-order valence-electron chi connectivity index (χ4n) is 7.66. The number of thiazole rings is 1. The Bertz CT molecular complexity index is 1650. The highest BCUT2D eigenvalue weighted by molar-refractivity contribution is 7.09. The quantitative estimate of drug-likeness (QED) is 0.0517. The number of piperidine rings is 1. The van der Waals surface area contributed by atoms with Gasteiger partial charge in [0.05, 0.1) is 11.5 Å². The van der Waals surface area contributed by atoms with Crippen LogP contribution in [0.4, 0.5) is 5.69 Å². The summed E-state index contributed by atoms with van der Waals surface area (Å²) in [5.41, 5.74) is 6.37. The van der Waals surface area contributed by atoms with Crippen molar-refractivity contribution in [2.45, 2.75) is 156 Å². The van der Waals surface area contributed by atoms with E-state index in [4.69, 9.17) is 10.5 Å². The summed E-state index contributed by atoms with van der Waals surface area (Å²) in [6.07, 6.45) is 7.18. The van der Waals surface area contributed by atoms with Crippen molar-refractivity contribution in [3.8, 4) is 0 Å². The number of likely N-dealkylation sites (tertiary alicyclic amines) is 1. The van der Waals surface area contributed by atoms with Crippen molar-refractivity contribution in [1.82, 2.24) is 25.4 Å². The van der Waals surface area contributed by atoms with Crippen LogP contribution in [0.25, 0.3) is 0 Å². The van der Waals surface area contributed by atoms with E-state index in [1.165, 1.54) is 18.3 Å². The summed E-state index contributed by atoms with van der Waals surface area (Å²) in [7, 11) is 1.96. The lowest BCUT2D eigenvalue weighted by molar-refractivity contribution is -0.150. The maximum absolute atomic E-state index is 14.9. The van der Waals surface area contributed by atoms with Gasteiger partial charge in [-0.15, -0.1) is 11.3 Å². The molecule has 1 aromatic heterocycles. The van der Waals surface area contributed by atoms with E-state index in [2.05, 4.69) is 27.4 Å². The van der Waals surface area contributed by atoms with Crippen molar-refractivity contribution in [3.63, 3.8) is 0 Å². The predicted octanol–water partition coefficient (Wildman–Crippen LogP) is 7.01. The first-order valence-corrected chi connectivity index (χ1v) is 22.1. The van der Waals surface area contributed by atoms with Crippen LogP contribution in [0.1, 0.15) is 147 Å². The predicted molar refractivity (Wildman–Crippen MR) is 229 cm³/mol. The number of carbonyl (C=O) groups excluding carboxylic acids is 4. The van der Waals surface area contributed by atoms with Gasteiger partial charge in [-0.2, -0.15) is 0 Å². The number of unbranched alkanes of at least 4 members (excludes halogenated alkanes) is 3. The zero-order valence-corrected chi connectivity index (χ0v) is 37.2. The number of nitrogens with two attached hydrogens (primary N) is 1. The fraction of sp³-hybridized carbons (Fsp3) is 0.682. The maximum Gasteiger partial charge on any atom is 0.309 e. The molecule has 58 heavy (non-hydrogen) atoms. The molecule has 6 atom stereocenters. The van der Waals surface area contributed by atoms with E-state index in [9.17, 15) is 29.1 Å². The number of benzene rings is 1. The minimum atomic E-state index is -1.12. The van der Waals surface area contributed by atoms with Gasteiger partial charge in [0, 0.05) is 43.0 Å². The van der Waals surface area contributed by atoms with Gasteiger partial charge in [0.2, 0.25) is 11.8 Å². The van der Waals surface area contributed by atoms with Crippen molar-refractivity contribution in [3.05, 3.63) is 45.9 Å². The smallest absolute Gasteiger partial charge is 0.309 e. The SMILES string of the molecule is CCCCCCN(C(=O)[C@@H](NC(=O)C1CCCCN1C)[C@@H](C)CC)[C@H](C[C@@H](OC(C)=O)c1nc(C(=O)NC(Cc2ccc(N)cc2)CC(C)(C)C(=O)O)cs1)C(C)C. The van der Waals surface area contributed by atoms with Crippen LogP contribution in [0, 0.1) is 17.3 Å². The van der Waals surface area contributed by atoms with Gasteiger partial charge in [0.25, 0.3) is 5.91 Å². The molecule has 2 aromatic rings. The molecule has 1 aliphatic heterocycles. The molecule has 2 unspecified atom stereocenters. The van der Waals surface area contributed by atoms with E-state index < -0.39 is 41.4 Å². The first-order chi connectivity index (χ1) is 27.4. The number of carboxylic acids is 1. The second-order valence-corrected chi connectivity index (χ2v) is 18.1. The summed E-state index contributed by atoms with van der Waals surface area (Å²) in [6, 6.07) is 5.30. The van der Waals surface area contributed by atoms with Gasteiger partial charge < -0.3 is 31.1 Å². The van der Waals surface area contributed by atoms with Crippen molar-refractivity contribution < 1.29 is 33.8 Å². The number of hydrogen-bond donors (Lipinski definition) is 4. The zero-order valence-electron chi connectivity index (χ0n) is 36.3. The van der Waals surface area contributed by atoms with E-state index in [1.54, 1.807) is 31.4 Å². The number of aromatic nitrogens is 1. The molecule has 1 saturated heterocycles. The highest BCUT2D eigenvalue weighted by atomic mass is 32.1. The molecule has 14 heteroatoms. The van der Waals surface area contributed by atoms with Crippen LogP contribution in [0.5, 0.6) is 0 Å². The normalized spacial score (nSPS) is 17.4. The molecule has 324 valence electrons. The molecule has 5 N–H and O–H groups in total. The van der Waals surface area contributed by atoms with E-state index in [-0.39, 0.29) is 54.3 Å². The Morgan fingerprint density at radius 1 is 1.05 bits per heavy atom. The third-order valence-electron chi connectivity index (χ3n) is 11.5. The number of ether oxygens (including phenoxy) is 1. The summed E-state index contributed by atoms with van der Waals surface area (Å²) in [6.45, 7) is 16.1. The molecule has 0 saturated carbocycles. The Kier molecular flexibility index (Phi) is 19.1. The molecule has 1 aliphatic rings. The van der Waals surface area contributed by atoms with E-state index in [1.807, 2.05) is 51.8 Å². The van der Waals surface area contributed by atoms with Crippen LogP contribution in [-0.2, 0) is 30.3 Å². The Labute approximate surface area is 350 Å². The number of carboxylic acid groups (broad SMARTS) is 1. The summed E-state index contributed by atoms with van der Waals surface area (Å²) < 4.78 is 5.92. The highest BCUT2D eigenvalue weighted by Gasteiger charge is 2.39. The minimum absolute atomic E-state index is 0.0552. The van der Waals surface area contributed by atoms with E-state index in [0.29, 0.717) is 30.1 Å². The van der Waals surface area contributed by atoms with Crippen molar-refractivity contribution in [2.24, 2.45) is 17.3 Å². The van der Waals surface area contributed by atoms with E-state index in [0.717, 1.165) is 57.1 Å². The van der Waals surface area contributed by atoms with Gasteiger partial charge in [-0.05, 0) is 89.1 Å². The number of rotatable bonds is 23.